The van der Waals surface area contributed by atoms with Crippen LogP contribution in [0, 0.1) is 0 Å². The summed E-state index contributed by atoms with van der Waals surface area (Å²) in [4.78, 5) is 2.43. The van der Waals surface area contributed by atoms with E-state index < -0.39 is 0 Å². The van der Waals surface area contributed by atoms with Gasteiger partial charge in [-0.05, 0) is 80.6 Å². The molecule has 0 aliphatic carbocycles. The fourth-order valence-corrected chi connectivity index (χ4v) is 8.05. The molecule has 10 rings (SSSR count). The molecule has 0 bridgehead atoms. The average molecular weight is 690 g/mol. The third kappa shape index (κ3) is 5.44. The van der Waals surface area contributed by atoms with Crippen molar-refractivity contribution in [1.82, 2.24) is 0 Å². The van der Waals surface area contributed by atoms with Crippen molar-refractivity contribution in [3.8, 4) is 44.5 Å². The molecule has 0 unspecified atom stereocenters. The Balaban J connectivity index is 1.22. The number of para-hydroxylation sites is 3. The van der Waals surface area contributed by atoms with Crippen LogP contribution in [0.5, 0.6) is 0 Å². The third-order valence-corrected chi connectivity index (χ3v) is 10.5. The van der Waals surface area contributed by atoms with E-state index >= 15 is 0 Å². The van der Waals surface area contributed by atoms with E-state index in [1.165, 1.54) is 38.6 Å². The van der Waals surface area contributed by atoms with Crippen LogP contribution in [-0.4, -0.2) is 0 Å². The summed E-state index contributed by atoms with van der Waals surface area (Å²) in [5.41, 5.74) is 14.4. The largest absolute Gasteiger partial charge is 0.456 e. The zero-order valence-corrected chi connectivity index (χ0v) is 29.6. The first-order chi connectivity index (χ1) is 26.8. The Labute approximate surface area is 314 Å². The normalized spacial score (nSPS) is 11.3. The molecule has 1 heterocycles. The van der Waals surface area contributed by atoms with E-state index in [9.17, 15) is 0 Å². The topological polar surface area (TPSA) is 16.4 Å². The van der Waals surface area contributed by atoms with Crippen LogP contribution in [0.1, 0.15) is 0 Å². The highest BCUT2D eigenvalue weighted by Crippen LogP contribution is 2.48. The lowest BCUT2D eigenvalue weighted by atomic mass is 9.90. The van der Waals surface area contributed by atoms with Crippen molar-refractivity contribution in [2.75, 3.05) is 4.90 Å². The maximum atomic E-state index is 6.39. The first kappa shape index (κ1) is 31.6. The molecule has 0 fully saturated rings. The van der Waals surface area contributed by atoms with Gasteiger partial charge in [-0.3, -0.25) is 0 Å². The Hall–Kier alpha value is -7.16. The molecule has 0 amide bonds. The molecular formula is C52H35NO. The van der Waals surface area contributed by atoms with Crippen LogP contribution in [0.4, 0.5) is 17.1 Å². The third-order valence-electron chi connectivity index (χ3n) is 10.5. The molecule has 0 N–H and O–H groups in total. The van der Waals surface area contributed by atoms with Gasteiger partial charge in [0.1, 0.15) is 11.2 Å². The lowest BCUT2D eigenvalue weighted by Crippen LogP contribution is -2.12. The van der Waals surface area contributed by atoms with Crippen molar-refractivity contribution >= 4 is 49.8 Å². The van der Waals surface area contributed by atoms with Crippen LogP contribution in [0.3, 0.4) is 0 Å². The summed E-state index contributed by atoms with van der Waals surface area (Å²) in [6.45, 7) is 0. The monoisotopic (exact) mass is 689 g/mol. The molecule has 1 aromatic heterocycles. The average Bonchev–Trinajstić information content (AvgIpc) is 3.64. The van der Waals surface area contributed by atoms with E-state index in [4.69, 9.17) is 4.42 Å². The number of nitrogens with zero attached hydrogens (tertiary/aromatic N) is 1. The molecule has 54 heavy (non-hydrogen) atoms. The number of anilines is 3. The molecule has 0 radical (unpaired) electrons. The minimum absolute atomic E-state index is 0.881. The highest BCUT2D eigenvalue weighted by atomic mass is 16.3. The van der Waals surface area contributed by atoms with Gasteiger partial charge in [0.2, 0.25) is 0 Å². The molecule has 10 aromatic rings. The van der Waals surface area contributed by atoms with Gasteiger partial charge in [-0.15, -0.1) is 0 Å². The van der Waals surface area contributed by atoms with Gasteiger partial charge >= 0.3 is 0 Å². The van der Waals surface area contributed by atoms with E-state index in [1.54, 1.807) is 0 Å². The summed E-state index contributed by atoms with van der Waals surface area (Å²) < 4.78 is 6.39. The maximum Gasteiger partial charge on any atom is 0.136 e. The lowest BCUT2D eigenvalue weighted by Gasteiger charge is -2.30. The predicted molar refractivity (Wildman–Crippen MR) is 228 cm³/mol. The summed E-state index contributed by atoms with van der Waals surface area (Å²) in [6.07, 6.45) is 0. The van der Waals surface area contributed by atoms with Crippen molar-refractivity contribution in [2.24, 2.45) is 0 Å². The molecule has 2 heteroatoms. The molecule has 9 aromatic carbocycles. The Morgan fingerprint density at radius 1 is 0.296 bits per heavy atom. The number of benzene rings is 9. The van der Waals surface area contributed by atoms with Crippen LogP contribution in [0.2, 0.25) is 0 Å². The van der Waals surface area contributed by atoms with Crippen molar-refractivity contribution < 1.29 is 4.42 Å². The smallest absolute Gasteiger partial charge is 0.136 e. The van der Waals surface area contributed by atoms with Gasteiger partial charge < -0.3 is 9.32 Å². The number of fused-ring (bicyclic) bond motifs is 4. The van der Waals surface area contributed by atoms with Crippen LogP contribution < -0.4 is 4.90 Å². The van der Waals surface area contributed by atoms with Gasteiger partial charge in [-0.1, -0.05) is 176 Å². The minimum atomic E-state index is 0.881. The number of furan rings is 1. The molecule has 0 aliphatic rings. The standard InChI is InChI=1S/C52H35NO/c1-2-16-36(17-3-1)37-32-34-39(35-33-37)53(49-29-12-9-24-45(49)46-27-15-31-51-52(46)47-25-10-13-30-50(47)54-51)48-28-11-8-23-44(48)43-22-7-6-21-42(43)41-26-14-19-38-18-4-5-20-40(38)41/h1-35H. The molecule has 0 saturated heterocycles. The van der Waals surface area contributed by atoms with Crippen molar-refractivity contribution in [1.29, 1.82) is 0 Å². The molecular weight excluding hydrogens is 655 g/mol. The molecule has 254 valence electrons. The molecule has 0 atom stereocenters. The van der Waals surface area contributed by atoms with Gasteiger partial charge in [-0.25, -0.2) is 0 Å². The Morgan fingerprint density at radius 2 is 0.778 bits per heavy atom. The van der Waals surface area contributed by atoms with E-state index in [0.29, 0.717) is 0 Å². The number of hydrogen-bond donors (Lipinski definition) is 0. The summed E-state index contributed by atoms with van der Waals surface area (Å²) in [6, 6.07) is 75.9. The lowest BCUT2D eigenvalue weighted by molar-refractivity contribution is 0.669. The van der Waals surface area contributed by atoms with Crippen molar-refractivity contribution in [3.05, 3.63) is 212 Å². The number of rotatable bonds is 7. The van der Waals surface area contributed by atoms with Crippen molar-refractivity contribution in [2.45, 2.75) is 0 Å². The molecule has 0 saturated carbocycles. The SMILES string of the molecule is c1ccc(-c2ccc(N(c3ccccc3-c3ccccc3-c3cccc4ccccc34)c3ccccc3-c3cccc4oc5ccccc5c34)cc2)cc1. The second-order valence-electron chi connectivity index (χ2n) is 13.6. The summed E-state index contributed by atoms with van der Waals surface area (Å²) in [7, 11) is 0. The second-order valence-corrected chi connectivity index (χ2v) is 13.6. The first-order valence-electron chi connectivity index (χ1n) is 18.4. The highest BCUT2D eigenvalue weighted by molar-refractivity contribution is 6.14. The minimum Gasteiger partial charge on any atom is -0.456 e. The van der Waals surface area contributed by atoms with E-state index in [1.807, 2.05) is 6.07 Å². The summed E-state index contributed by atoms with van der Waals surface area (Å²) >= 11 is 0. The van der Waals surface area contributed by atoms with E-state index in [0.717, 1.165) is 55.7 Å². The van der Waals surface area contributed by atoms with Gasteiger partial charge in [0, 0.05) is 27.6 Å². The van der Waals surface area contributed by atoms with Gasteiger partial charge in [-0.2, -0.15) is 0 Å². The fourth-order valence-electron chi connectivity index (χ4n) is 8.05. The molecule has 2 nitrogen and oxygen atoms in total. The molecule has 0 spiro atoms. The van der Waals surface area contributed by atoms with Crippen molar-refractivity contribution in [3.63, 3.8) is 0 Å². The quantitative estimate of drug-likeness (QED) is 0.166. The van der Waals surface area contributed by atoms with Crippen LogP contribution in [-0.2, 0) is 0 Å². The van der Waals surface area contributed by atoms with Crippen LogP contribution in [0.15, 0.2) is 217 Å². The Bertz CT molecular complexity index is 2930. The van der Waals surface area contributed by atoms with Crippen LogP contribution in [0.25, 0.3) is 77.2 Å². The predicted octanol–water partition coefficient (Wildman–Crippen LogP) is 14.9. The van der Waals surface area contributed by atoms with Gasteiger partial charge in [0.05, 0.1) is 11.4 Å². The first-order valence-corrected chi connectivity index (χ1v) is 18.4. The second kappa shape index (κ2) is 13.4. The maximum absolute atomic E-state index is 6.39. The zero-order valence-electron chi connectivity index (χ0n) is 29.6. The van der Waals surface area contributed by atoms with Crippen LogP contribution >= 0.6 is 0 Å². The number of hydrogen-bond acceptors (Lipinski definition) is 2. The van der Waals surface area contributed by atoms with Gasteiger partial charge in [0.25, 0.3) is 0 Å². The summed E-state index contributed by atoms with van der Waals surface area (Å²) in [5, 5.41) is 4.70. The van der Waals surface area contributed by atoms with Gasteiger partial charge in [0.15, 0.2) is 0 Å². The van der Waals surface area contributed by atoms with E-state index in [2.05, 4.69) is 211 Å². The molecule has 0 aliphatic heterocycles. The summed E-state index contributed by atoms with van der Waals surface area (Å²) in [5.74, 6) is 0. The highest BCUT2D eigenvalue weighted by Gasteiger charge is 2.23. The Kier molecular flexibility index (Phi) is 7.85. The van der Waals surface area contributed by atoms with E-state index in [-0.39, 0.29) is 0 Å². The zero-order chi connectivity index (χ0) is 35.8. The fraction of sp³-hybridized carbons (Fsp3) is 0. The Morgan fingerprint density at radius 3 is 1.54 bits per heavy atom.